The molecule has 1 amide bonds. The summed E-state index contributed by atoms with van der Waals surface area (Å²) in [6.45, 7) is 3.62. The van der Waals surface area contributed by atoms with Crippen molar-refractivity contribution < 1.29 is 9.53 Å². The highest BCUT2D eigenvalue weighted by Gasteiger charge is 2.33. The number of carbonyl (C=O) groups excluding carboxylic acids is 1. The highest BCUT2D eigenvalue weighted by molar-refractivity contribution is 7.99. The molecule has 0 bridgehead atoms. The minimum atomic E-state index is 0.178. The molecule has 2 aliphatic carbocycles. The summed E-state index contributed by atoms with van der Waals surface area (Å²) in [6.07, 6.45) is 4.62. The fourth-order valence-corrected chi connectivity index (χ4v) is 4.19. The maximum Gasteiger partial charge on any atom is 0.233 e. The van der Waals surface area contributed by atoms with Gasteiger partial charge in [-0.15, -0.1) is 10.2 Å². The number of thioether (sulfide) groups is 1. The molecular formula is C20H26N4O2S. The molecule has 7 heteroatoms. The SMILES string of the molecule is CCn1c(SCC(=O)N(Cc2ccc(OC)cc2)C2CC2)nnc1C1CC1. The lowest BCUT2D eigenvalue weighted by molar-refractivity contribution is -0.129. The van der Waals surface area contributed by atoms with Gasteiger partial charge in [-0.05, 0) is 50.3 Å². The second-order valence-corrected chi connectivity index (χ2v) is 8.19. The molecule has 0 unspecified atom stereocenters. The van der Waals surface area contributed by atoms with E-state index < -0.39 is 0 Å². The van der Waals surface area contributed by atoms with Crippen LogP contribution in [0, 0.1) is 0 Å². The molecule has 0 saturated heterocycles. The van der Waals surface area contributed by atoms with Crippen molar-refractivity contribution >= 4 is 17.7 Å². The molecule has 0 atom stereocenters. The van der Waals surface area contributed by atoms with E-state index in [1.807, 2.05) is 29.2 Å². The van der Waals surface area contributed by atoms with Crippen molar-refractivity contribution in [3.8, 4) is 5.75 Å². The van der Waals surface area contributed by atoms with Gasteiger partial charge in [0, 0.05) is 25.0 Å². The van der Waals surface area contributed by atoms with Crippen molar-refractivity contribution in [1.82, 2.24) is 19.7 Å². The van der Waals surface area contributed by atoms with E-state index in [1.165, 1.54) is 24.6 Å². The summed E-state index contributed by atoms with van der Waals surface area (Å²) >= 11 is 1.51. The molecule has 1 heterocycles. The van der Waals surface area contributed by atoms with Gasteiger partial charge < -0.3 is 14.2 Å². The predicted octanol–water partition coefficient (Wildman–Crippen LogP) is 3.47. The van der Waals surface area contributed by atoms with Gasteiger partial charge in [-0.25, -0.2) is 0 Å². The Labute approximate surface area is 164 Å². The van der Waals surface area contributed by atoms with Gasteiger partial charge in [0.2, 0.25) is 5.91 Å². The number of hydrogen-bond donors (Lipinski definition) is 0. The summed E-state index contributed by atoms with van der Waals surface area (Å²) in [6, 6.07) is 8.34. The topological polar surface area (TPSA) is 60.2 Å². The highest BCUT2D eigenvalue weighted by Crippen LogP contribution is 2.40. The maximum atomic E-state index is 12.9. The number of methoxy groups -OCH3 is 1. The van der Waals surface area contributed by atoms with Gasteiger partial charge >= 0.3 is 0 Å². The average molecular weight is 387 g/mol. The van der Waals surface area contributed by atoms with Crippen LogP contribution in [0.5, 0.6) is 5.75 Å². The van der Waals surface area contributed by atoms with Crippen molar-refractivity contribution in [1.29, 1.82) is 0 Å². The standard InChI is InChI=1S/C20H26N4O2S/c1-3-23-19(15-6-7-15)21-22-20(23)27-13-18(25)24(16-8-9-16)12-14-4-10-17(26-2)11-5-14/h4-5,10-11,15-16H,3,6-9,12-13H2,1-2H3. The van der Waals surface area contributed by atoms with E-state index >= 15 is 0 Å². The van der Waals surface area contributed by atoms with E-state index in [4.69, 9.17) is 4.74 Å². The van der Waals surface area contributed by atoms with Gasteiger partial charge in [-0.3, -0.25) is 4.79 Å². The number of benzene rings is 1. The third-order valence-electron chi connectivity index (χ3n) is 5.15. The molecule has 2 fully saturated rings. The second-order valence-electron chi connectivity index (χ2n) is 7.25. The van der Waals surface area contributed by atoms with Crippen LogP contribution >= 0.6 is 11.8 Å². The third-order valence-corrected chi connectivity index (χ3v) is 6.10. The average Bonchev–Trinajstić information content (AvgIpc) is 3.62. The number of carbonyl (C=O) groups is 1. The molecule has 1 aromatic heterocycles. The molecule has 4 rings (SSSR count). The molecule has 1 aromatic carbocycles. The Hall–Kier alpha value is -2.02. The summed E-state index contributed by atoms with van der Waals surface area (Å²) in [7, 11) is 1.66. The Morgan fingerprint density at radius 2 is 1.96 bits per heavy atom. The predicted molar refractivity (Wildman–Crippen MR) is 105 cm³/mol. The smallest absolute Gasteiger partial charge is 0.233 e. The number of ether oxygens (including phenoxy) is 1. The zero-order valence-electron chi connectivity index (χ0n) is 15.9. The molecule has 0 spiro atoms. The van der Waals surface area contributed by atoms with E-state index in [1.54, 1.807) is 7.11 Å². The minimum Gasteiger partial charge on any atom is -0.497 e. The zero-order valence-corrected chi connectivity index (χ0v) is 16.7. The lowest BCUT2D eigenvalue weighted by atomic mass is 10.2. The van der Waals surface area contributed by atoms with Crippen molar-refractivity contribution in [3.05, 3.63) is 35.7 Å². The van der Waals surface area contributed by atoms with Gasteiger partial charge in [0.15, 0.2) is 5.16 Å². The quantitative estimate of drug-likeness (QED) is 0.618. The van der Waals surface area contributed by atoms with E-state index in [0.717, 1.165) is 41.7 Å². The van der Waals surface area contributed by atoms with E-state index in [0.29, 0.717) is 24.3 Å². The Morgan fingerprint density at radius 1 is 1.22 bits per heavy atom. The first-order valence-electron chi connectivity index (χ1n) is 9.68. The molecule has 144 valence electrons. The Kier molecular flexibility index (Phi) is 5.38. The lowest BCUT2D eigenvalue weighted by Crippen LogP contribution is -2.34. The maximum absolute atomic E-state index is 12.9. The van der Waals surface area contributed by atoms with Crippen LogP contribution in [0.1, 0.15) is 49.9 Å². The van der Waals surface area contributed by atoms with Gasteiger partial charge in [0.05, 0.1) is 12.9 Å². The largest absolute Gasteiger partial charge is 0.497 e. The summed E-state index contributed by atoms with van der Waals surface area (Å²) in [5.41, 5.74) is 1.13. The fraction of sp³-hybridized carbons (Fsp3) is 0.550. The Morgan fingerprint density at radius 3 is 2.56 bits per heavy atom. The first kappa shape index (κ1) is 18.3. The van der Waals surface area contributed by atoms with E-state index in [9.17, 15) is 4.79 Å². The summed E-state index contributed by atoms with van der Waals surface area (Å²) in [4.78, 5) is 14.9. The van der Waals surface area contributed by atoms with Crippen LogP contribution in [-0.2, 0) is 17.9 Å². The van der Waals surface area contributed by atoms with Crippen LogP contribution in [0.2, 0.25) is 0 Å². The van der Waals surface area contributed by atoms with E-state index in [-0.39, 0.29) is 5.91 Å². The number of nitrogens with zero attached hydrogens (tertiary/aromatic N) is 4. The molecule has 2 aromatic rings. The van der Waals surface area contributed by atoms with Crippen molar-refractivity contribution in [3.63, 3.8) is 0 Å². The van der Waals surface area contributed by atoms with Gasteiger partial charge in [0.1, 0.15) is 11.6 Å². The van der Waals surface area contributed by atoms with E-state index in [2.05, 4.69) is 21.7 Å². The third kappa shape index (κ3) is 4.29. The monoisotopic (exact) mass is 386 g/mol. The molecule has 0 radical (unpaired) electrons. The molecule has 2 saturated carbocycles. The number of aromatic nitrogens is 3. The van der Waals surface area contributed by atoms with Crippen molar-refractivity contribution in [2.75, 3.05) is 12.9 Å². The van der Waals surface area contributed by atoms with Gasteiger partial charge in [0.25, 0.3) is 0 Å². The first-order valence-corrected chi connectivity index (χ1v) is 10.7. The Bertz CT molecular complexity index is 797. The highest BCUT2D eigenvalue weighted by atomic mass is 32.2. The molecule has 0 aliphatic heterocycles. The van der Waals surface area contributed by atoms with Crippen molar-refractivity contribution in [2.45, 2.75) is 62.8 Å². The zero-order chi connectivity index (χ0) is 18.8. The lowest BCUT2D eigenvalue weighted by Gasteiger charge is -2.22. The fourth-order valence-electron chi connectivity index (χ4n) is 3.29. The van der Waals surface area contributed by atoms with Crippen LogP contribution in [0.3, 0.4) is 0 Å². The number of hydrogen-bond acceptors (Lipinski definition) is 5. The minimum absolute atomic E-state index is 0.178. The molecule has 6 nitrogen and oxygen atoms in total. The normalized spacial score (nSPS) is 16.4. The van der Waals surface area contributed by atoms with Crippen LogP contribution in [0.15, 0.2) is 29.4 Å². The second kappa shape index (κ2) is 7.92. The van der Waals surface area contributed by atoms with Gasteiger partial charge in [-0.1, -0.05) is 23.9 Å². The summed E-state index contributed by atoms with van der Waals surface area (Å²) < 4.78 is 7.38. The molecule has 27 heavy (non-hydrogen) atoms. The van der Waals surface area contributed by atoms with Crippen LogP contribution in [0.25, 0.3) is 0 Å². The summed E-state index contributed by atoms with van der Waals surface area (Å²) in [5.74, 6) is 3.08. The Balaban J connectivity index is 1.39. The summed E-state index contributed by atoms with van der Waals surface area (Å²) in [5, 5.41) is 9.56. The van der Waals surface area contributed by atoms with Crippen LogP contribution in [0.4, 0.5) is 0 Å². The number of amides is 1. The molecule has 0 N–H and O–H groups in total. The first-order chi connectivity index (χ1) is 13.2. The van der Waals surface area contributed by atoms with Crippen LogP contribution in [-0.4, -0.2) is 44.5 Å². The molecular weight excluding hydrogens is 360 g/mol. The van der Waals surface area contributed by atoms with Gasteiger partial charge in [-0.2, -0.15) is 0 Å². The molecule has 2 aliphatic rings. The number of rotatable bonds is 9. The van der Waals surface area contributed by atoms with Crippen LogP contribution < -0.4 is 4.74 Å². The van der Waals surface area contributed by atoms with Crippen molar-refractivity contribution in [2.24, 2.45) is 0 Å².